The van der Waals surface area contributed by atoms with E-state index in [0.29, 0.717) is 6.61 Å². The van der Waals surface area contributed by atoms with Gasteiger partial charge in [-0.1, -0.05) is 39.5 Å². The van der Waals surface area contributed by atoms with Gasteiger partial charge in [0.2, 0.25) is 0 Å². The number of hydrogen-bond donors (Lipinski definition) is 1. The number of unbranched alkanes of at least 4 members (excludes halogenated alkanes) is 4. The fourth-order valence-electron chi connectivity index (χ4n) is 2.02. The molecule has 3 nitrogen and oxygen atoms in total. The van der Waals surface area contributed by atoms with Crippen LogP contribution in [0.5, 0.6) is 0 Å². The highest BCUT2D eigenvalue weighted by Crippen LogP contribution is 2.12. The normalized spacial score (nSPS) is 11.1. The summed E-state index contributed by atoms with van der Waals surface area (Å²) in [6.07, 6.45) is 9.30. The summed E-state index contributed by atoms with van der Waals surface area (Å²) >= 11 is 0. The Morgan fingerprint density at radius 1 is 1.11 bits per heavy atom. The van der Waals surface area contributed by atoms with E-state index in [9.17, 15) is 0 Å². The maximum absolute atomic E-state index is 5.68. The monoisotopic (exact) mass is 267 g/mol. The first-order valence-electron chi connectivity index (χ1n) is 7.72. The zero-order chi connectivity index (χ0) is 13.8. The van der Waals surface area contributed by atoms with Crippen LogP contribution < -0.4 is 5.32 Å². The Morgan fingerprint density at radius 3 is 2.74 bits per heavy atom. The molecule has 0 aliphatic carbocycles. The highest BCUT2D eigenvalue weighted by Gasteiger charge is 2.05. The smallest absolute Gasteiger partial charge is 0.133 e. The van der Waals surface area contributed by atoms with E-state index in [4.69, 9.17) is 9.15 Å². The third-order valence-electron chi connectivity index (χ3n) is 3.21. The molecule has 0 unspecified atom stereocenters. The summed E-state index contributed by atoms with van der Waals surface area (Å²) in [7, 11) is 0. The Kier molecular flexibility index (Phi) is 9.46. The van der Waals surface area contributed by atoms with Crippen molar-refractivity contribution in [2.24, 2.45) is 0 Å². The van der Waals surface area contributed by atoms with E-state index in [2.05, 4.69) is 19.2 Å². The van der Waals surface area contributed by atoms with Crippen molar-refractivity contribution in [2.75, 3.05) is 13.2 Å². The van der Waals surface area contributed by atoms with Crippen molar-refractivity contribution in [3.8, 4) is 0 Å². The molecule has 1 heterocycles. The van der Waals surface area contributed by atoms with Gasteiger partial charge in [-0.3, -0.25) is 0 Å². The third kappa shape index (κ3) is 7.38. The standard InChI is InChI=1S/C16H29NO2/c1-3-5-6-7-8-11-18-14-16-15(9-12-19-16)13-17-10-4-2/h9,12,17H,3-8,10-11,13-14H2,1-2H3. The molecule has 19 heavy (non-hydrogen) atoms. The van der Waals surface area contributed by atoms with E-state index in [1.54, 1.807) is 6.26 Å². The lowest BCUT2D eigenvalue weighted by molar-refractivity contribution is 0.102. The molecule has 0 amide bonds. The van der Waals surface area contributed by atoms with Crippen LogP contribution in [-0.4, -0.2) is 13.2 Å². The zero-order valence-electron chi connectivity index (χ0n) is 12.5. The Balaban J connectivity index is 2.10. The fourth-order valence-corrected chi connectivity index (χ4v) is 2.02. The van der Waals surface area contributed by atoms with Crippen LogP contribution in [-0.2, 0) is 17.9 Å². The van der Waals surface area contributed by atoms with Gasteiger partial charge in [0.1, 0.15) is 12.4 Å². The molecule has 0 aliphatic heterocycles. The number of nitrogens with one attached hydrogen (secondary N) is 1. The second-order valence-corrected chi connectivity index (χ2v) is 5.01. The summed E-state index contributed by atoms with van der Waals surface area (Å²) in [6, 6.07) is 2.03. The molecule has 110 valence electrons. The molecule has 0 fully saturated rings. The fraction of sp³-hybridized carbons (Fsp3) is 0.750. The molecule has 0 atom stereocenters. The molecular formula is C16H29NO2. The first-order valence-corrected chi connectivity index (χ1v) is 7.72. The topological polar surface area (TPSA) is 34.4 Å². The second kappa shape index (κ2) is 11.1. The molecule has 0 saturated heterocycles. The highest BCUT2D eigenvalue weighted by molar-refractivity contribution is 5.16. The quantitative estimate of drug-likeness (QED) is 0.574. The predicted octanol–water partition coefficient (Wildman–Crippen LogP) is 4.27. The van der Waals surface area contributed by atoms with Crippen molar-refractivity contribution in [2.45, 2.75) is 65.5 Å². The number of furan rings is 1. The van der Waals surface area contributed by atoms with Gasteiger partial charge in [-0.2, -0.15) is 0 Å². The average molecular weight is 267 g/mol. The van der Waals surface area contributed by atoms with Gasteiger partial charge < -0.3 is 14.5 Å². The van der Waals surface area contributed by atoms with Crippen molar-refractivity contribution in [1.82, 2.24) is 5.32 Å². The van der Waals surface area contributed by atoms with Gasteiger partial charge >= 0.3 is 0 Å². The van der Waals surface area contributed by atoms with Crippen LogP contribution in [0, 0.1) is 0 Å². The van der Waals surface area contributed by atoms with Crippen molar-refractivity contribution in [3.05, 3.63) is 23.7 Å². The minimum atomic E-state index is 0.601. The molecule has 1 aromatic rings. The van der Waals surface area contributed by atoms with Crippen molar-refractivity contribution in [3.63, 3.8) is 0 Å². The molecule has 1 rings (SSSR count). The van der Waals surface area contributed by atoms with Crippen LogP contribution >= 0.6 is 0 Å². The molecular weight excluding hydrogens is 238 g/mol. The van der Waals surface area contributed by atoms with E-state index in [0.717, 1.165) is 38.3 Å². The summed E-state index contributed by atoms with van der Waals surface area (Å²) in [4.78, 5) is 0. The van der Waals surface area contributed by atoms with Gasteiger partial charge in [0.25, 0.3) is 0 Å². The zero-order valence-corrected chi connectivity index (χ0v) is 12.5. The minimum Gasteiger partial charge on any atom is -0.467 e. The largest absolute Gasteiger partial charge is 0.467 e. The van der Waals surface area contributed by atoms with E-state index in [1.165, 1.54) is 31.2 Å². The molecule has 0 radical (unpaired) electrons. The van der Waals surface area contributed by atoms with Gasteiger partial charge in [0.15, 0.2) is 0 Å². The number of rotatable bonds is 12. The van der Waals surface area contributed by atoms with Crippen molar-refractivity contribution in [1.29, 1.82) is 0 Å². The van der Waals surface area contributed by atoms with Crippen LogP contribution in [0.4, 0.5) is 0 Å². The Hall–Kier alpha value is -0.800. The lowest BCUT2D eigenvalue weighted by Crippen LogP contribution is -2.14. The summed E-state index contributed by atoms with van der Waals surface area (Å²) in [5, 5.41) is 3.39. The van der Waals surface area contributed by atoms with Crippen LogP contribution in [0.25, 0.3) is 0 Å². The van der Waals surface area contributed by atoms with E-state index < -0.39 is 0 Å². The highest BCUT2D eigenvalue weighted by atomic mass is 16.5. The maximum atomic E-state index is 5.68. The molecule has 0 aliphatic rings. The molecule has 0 aromatic carbocycles. The van der Waals surface area contributed by atoms with Crippen LogP contribution in [0.3, 0.4) is 0 Å². The molecule has 0 saturated carbocycles. The second-order valence-electron chi connectivity index (χ2n) is 5.01. The summed E-state index contributed by atoms with van der Waals surface area (Å²) in [6.45, 7) is 7.77. The van der Waals surface area contributed by atoms with E-state index in [1.807, 2.05) is 6.07 Å². The van der Waals surface area contributed by atoms with Crippen molar-refractivity contribution >= 4 is 0 Å². The van der Waals surface area contributed by atoms with Crippen LogP contribution in [0.2, 0.25) is 0 Å². The summed E-state index contributed by atoms with van der Waals surface area (Å²) in [5.74, 6) is 0.970. The molecule has 1 aromatic heterocycles. The number of hydrogen-bond acceptors (Lipinski definition) is 3. The van der Waals surface area contributed by atoms with Gasteiger partial charge in [-0.05, 0) is 25.5 Å². The van der Waals surface area contributed by atoms with E-state index in [-0.39, 0.29) is 0 Å². The van der Waals surface area contributed by atoms with Crippen molar-refractivity contribution < 1.29 is 9.15 Å². The minimum absolute atomic E-state index is 0.601. The van der Waals surface area contributed by atoms with Crippen LogP contribution in [0.1, 0.15) is 63.7 Å². The first-order chi connectivity index (χ1) is 9.38. The Labute approximate surface area is 117 Å². The molecule has 0 bridgehead atoms. The predicted molar refractivity (Wildman–Crippen MR) is 79.1 cm³/mol. The lowest BCUT2D eigenvalue weighted by atomic mass is 10.2. The first kappa shape index (κ1) is 16.3. The van der Waals surface area contributed by atoms with Crippen LogP contribution in [0.15, 0.2) is 16.7 Å². The SMILES string of the molecule is CCCCCCCOCc1occc1CNCCC. The Bertz CT molecular complexity index is 309. The number of ether oxygens (including phenoxy) is 1. The maximum Gasteiger partial charge on any atom is 0.133 e. The van der Waals surface area contributed by atoms with Gasteiger partial charge in [-0.25, -0.2) is 0 Å². The molecule has 1 N–H and O–H groups in total. The van der Waals surface area contributed by atoms with E-state index >= 15 is 0 Å². The average Bonchev–Trinajstić information content (AvgIpc) is 2.86. The molecule has 0 spiro atoms. The lowest BCUT2D eigenvalue weighted by Gasteiger charge is -2.05. The third-order valence-corrected chi connectivity index (χ3v) is 3.21. The summed E-state index contributed by atoms with van der Waals surface area (Å²) < 4.78 is 11.2. The van der Waals surface area contributed by atoms with Gasteiger partial charge in [-0.15, -0.1) is 0 Å². The van der Waals surface area contributed by atoms with Gasteiger partial charge in [0.05, 0.1) is 6.26 Å². The summed E-state index contributed by atoms with van der Waals surface area (Å²) in [5.41, 5.74) is 1.22. The van der Waals surface area contributed by atoms with Gasteiger partial charge in [0, 0.05) is 18.7 Å². The Morgan fingerprint density at radius 2 is 1.95 bits per heavy atom. The molecule has 3 heteroatoms.